The topological polar surface area (TPSA) is 46.3 Å². The summed E-state index contributed by atoms with van der Waals surface area (Å²) in [5.74, 6) is -0.610. The van der Waals surface area contributed by atoms with E-state index in [1.807, 2.05) is 0 Å². The molecule has 0 N–H and O–H groups in total. The van der Waals surface area contributed by atoms with Crippen LogP contribution in [0.4, 0.5) is 4.39 Å². The molecular weight excluding hydrogens is 339 g/mol. The van der Waals surface area contributed by atoms with Crippen molar-refractivity contribution in [2.24, 2.45) is 0 Å². The van der Waals surface area contributed by atoms with Crippen LogP contribution in [0.25, 0.3) is 11.3 Å². The third-order valence-corrected chi connectivity index (χ3v) is 4.26. The number of nitrogens with zero attached hydrogens (tertiary/aromatic N) is 2. The van der Waals surface area contributed by atoms with E-state index in [4.69, 9.17) is 4.52 Å². The van der Waals surface area contributed by atoms with E-state index in [-0.39, 0.29) is 5.91 Å². The van der Waals surface area contributed by atoms with E-state index in [1.54, 1.807) is 17.0 Å². The van der Waals surface area contributed by atoms with E-state index >= 15 is 0 Å². The first-order valence-corrected chi connectivity index (χ1v) is 7.65. The molecule has 0 bridgehead atoms. The molecule has 1 aliphatic rings. The average Bonchev–Trinajstić information content (AvgIpc) is 3.04. The van der Waals surface area contributed by atoms with E-state index in [0.717, 1.165) is 32.4 Å². The molecule has 4 nitrogen and oxygen atoms in total. The van der Waals surface area contributed by atoms with Crippen molar-refractivity contribution in [1.82, 2.24) is 10.1 Å². The van der Waals surface area contributed by atoms with Crippen LogP contribution in [-0.4, -0.2) is 29.1 Å². The molecule has 1 amide bonds. The van der Waals surface area contributed by atoms with Crippen LogP contribution in [0.1, 0.15) is 29.6 Å². The minimum Gasteiger partial charge on any atom is -0.364 e. The van der Waals surface area contributed by atoms with Gasteiger partial charge in [0.15, 0.2) is 0 Å². The van der Waals surface area contributed by atoms with E-state index < -0.39 is 5.82 Å². The van der Waals surface area contributed by atoms with Crippen LogP contribution in [0.3, 0.4) is 0 Å². The van der Waals surface area contributed by atoms with Crippen molar-refractivity contribution in [2.45, 2.75) is 19.3 Å². The summed E-state index contributed by atoms with van der Waals surface area (Å²) in [7, 11) is 0. The maximum Gasteiger partial charge on any atom is 0.254 e. The number of rotatable bonds is 2. The van der Waals surface area contributed by atoms with Gasteiger partial charge in [-0.05, 0) is 47.3 Å². The number of hydrogen-bond acceptors (Lipinski definition) is 3. The molecule has 3 rings (SSSR count). The number of halogens is 2. The summed E-state index contributed by atoms with van der Waals surface area (Å²) in [5, 5.41) is 3.86. The number of aromatic nitrogens is 1. The molecule has 0 saturated carbocycles. The van der Waals surface area contributed by atoms with Gasteiger partial charge in [-0.15, -0.1) is 0 Å². The summed E-state index contributed by atoms with van der Waals surface area (Å²) in [6.07, 6.45) is 4.55. The summed E-state index contributed by atoms with van der Waals surface area (Å²) < 4.78 is 19.0. The first-order chi connectivity index (χ1) is 10.2. The second-order valence-electron chi connectivity index (χ2n) is 5.05. The van der Waals surface area contributed by atoms with Crippen LogP contribution < -0.4 is 0 Å². The highest BCUT2D eigenvalue weighted by Crippen LogP contribution is 2.30. The molecule has 110 valence electrons. The number of piperidine rings is 1. The van der Waals surface area contributed by atoms with Crippen LogP contribution in [0.5, 0.6) is 0 Å². The molecule has 1 fully saturated rings. The van der Waals surface area contributed by atoms with E-state index in [1.165, 1.54) is 12.3 Å². The lowest BCUT2D eigenvalue weighted by Crippen LogP contribution is -2.36. The molecule has 6 heteroatoms. The SMILES string of the molecule is O=C(c1cc(F)c(Br)cc1-c1ccon1)N1CCCCC1. The number of benzene rings is 1. The number of amides is 1. The molecule has 1 aromatic heterocycles. The lowest BCUT2D eigenvalue weighted by Gasteiger charge is -2.27. The maximum atomic E-state index is 13.9. The molecule has 0 atom stereocenters. The number of carbonyl (C=O) groups is 1. The number of likely N-dealkylation sites (tertiary alicyclic amines) is 1. The summed E-state index contributed by atoms with van der Waals surface area (Å²) >= 11 is 3.15. The fourth-order valence-corrected chi connectivity index (χ4v) is 2.90. The van der Waals surface area contributed by atoms with Crippen molar-refractivity contribution < 1.29 is 13.7 Å². The quantitative estimate of drug-likeness (QED) is 0.824. The Morgan fingerprint density at radius 3 is 2.71 bits per heavy atom. The smallest absolute Gasteiger partial charge is 0.254 e. The second-order valence-corrected chi connectivity index (χ2v) is 5.90. The molecular formula is C15H14BrFN2O2. The molecule has 0 radical (unpaired) electrons. The monoisotopic (exact) mass is 352 g/mol. The number of carbonyl (C=O) groups excluding carboxylic acids is 1. The minimum absolute atomic E-state index is 0.154. The Morgan fingerprint density at radius 1 is 1.29 bits per heavy atom. The van der Waals surface area contributed by atoms with Gasteiger partial charge >= 0.3 is 0 Å². The third-order valence-electron chi connectivity index (χ3n) is 3.65. The van der Waals surface area contributed by atoms with Crippen LogP contribution in [0.2, 0.25) is 0 Å². The maximum absolute atomic E-state index is 13.9. The Bertz CT molecular complexity index is 652. The van der Waals surface area contributed by atoms with Gasteiger partial charge in [-0.25, -0.2) is 4.39 Å². The standard InChI is InChI=1S/C15H14BrFN2O2/c16-12-8-10(14-4-7-21-18-14)11(9-13(12)17)15(20)19-5-2-1-3-6-19/h4,7-9H,1-3,5-6H2. The van der Waals surface area contributed by atoms with Crippen molar-refractivity contribution in [2.75, 3.05) is 13.1 Å². The van der Waals surface area contributed by atoms with Crippen molar-refractivity contribution in [3.63, 3.8) is 0 Å². The molecule has 0 unspecified atom stereocenters. The highest BCUT2D eigenvalue weighted by molar-refractivity contribution is 9.10. The van der Waals surface area contributed by atoms with Crippen molar-refractivity contribution in [3.8, 4) is 11.3 Å². The summed E-state index contributed by atoms with van der Waals surface area (Å²) in [6, 6.07) is 4.50. The Hall–Kier alpha value is -1.69. The largest absolute Gasteiger partial charge is 0.364 e. The third kappa shape index (κ3) is 2.85. The molecule has 1 aromatic carbocycles. The van der Waals surface area contributed by atoms with E-state index in [0.29, 0.717) is 21.3 Å². The van der Waals surface area contributed by atoms with Crippen molar-refractivity contribution in [1.29, 1.82) is 0 Å². The van der Waals surface area contributed by atoms with Gasteiger partial charge in [-0.1, -0.05) is 5.16 Å². The van der Waals surface area contributed by atoms with Gasteiger partial charge in [0.2, 0.25) is 0 Å². The zero-order valence-corrected chi connectivity index (χ0v) is 12.9. The van der Waals surface area contributed by atoms with Gasteiger partial charge in [0.1, 0.15) is 17.8 Å². The van der Waals surface area contributed by atoms with Crippen molar-refractivity contribution in [3.05, 3.63) is 40.3 Å². The number of hydrogen-bond donors (Lipinski definition) is 0. The van der Waals surface area contributed by atoms with Crippen LogP contribution in [-0.2, 0) is 0 Å². The van der Waals surface area contributed by atoms with Crippen LogP contribution in [0.15, 0.2) is 33.5 Å². The average molecular weight is 353 g/mol. The van der Waals surface area contributed by atoms with Gasteiger partial charge < -0.3 is 9.42 Å². The lowest BCUT2D eigenvalue weighted by molar-refractivity contribution is 0.0724. The van der Waals surface area contributed by atoms with Gasteiger partial charge in [-0.3, -0.25) is 4.79 Å². The molecule has 2 heterocycles. The van der Waals surface area contributed by atoms with Gasteiger partial charge in [-0.2, -0.15) is 0 Å². The minimum atomic E-state index is -0.456. The summed E-state index contributed by atoms with van der Waals surface area (Å²) in [5.41, 5.74) is 1.43. The fourth-order valence-electron chi connectivity index (χ4n) is 2.55. The van der Waals surface area contributed by atoms with Crippen molar-refractivity contribution >= 4 is 21.8 Å². The Balaban J connectivity index is 2.03. The van der Waals surface area contributed by atoms with Gasteiger partial charge in [0.25, 0.3) is 5.91 Å². The molecule has 1 aliphatic heterocycles. The first kappa shape index (κ1) is 14.3. The predicted molar refractivity (Wildman–Crippen MR) is 79.4 cm³/mol. The Labute approximate surface area is 130 Å². The normalized spacial score (nSPS) is 15.2. The fraction of sp³-hybridized carbons (Fsp3) is 0.333. The summed E-state index contributed by atoms with van der Waals surface area (Å²) in [4.78, 5) is 14.4. The lowest BCUT2D eigenvalue weighted by atomic mass is 10.0. The highest BCUT2D eigenvalue weighted by Gasteiger charge is 2.23. The Kier molecular flexibility index (Phi) is 4.05. The first-order valence-electron chi connectivity index (χ1n) is 6.86. The molecule has 2 aromatic rings. The van der Waals surface area contributed by atoms with Gasteiger partial charge in [0.05, 0.1) is 10.0 Å². The van der Waals surface area contributed by atoms with Gasteiger partial charge in [0, 0.05) is 24.7 Å². The van der Waals surface area contributed by atoms with E-state index in [2.05, 4.69) is 21.1 Å². The van der Waals surface area contributed by atoms with E-state index in [9.17, 15) is 9.18 Å². The van der Waals surface area contributed by atoms with Crippen LogP contribution >= 0.6 is 15.9 Å². The highest BCUT2D eigenvalue weighted by atomic mass is 79.9. The second kappa shape index (κ2) is 5.97. The molecule has 1 saturated heterocycles. The predicted octanol–water partition coefficient (Wildman–Crippen LogP) is 3.87. The molecule has 21 heavy (non-hydrogen) atoms. The Morgan fingerprint density at radius 2 is 2.05 bits per heavy atom. The molecule has 0 aliphatic carbocycles. The van der Waals surface area contributed by atoms with Crippen LogP contribution in [0, 0.1) is 5.82 Å². The zero-order chi connectivity index (χ0) is 14.8. The summed E-state index contributed by atoms with van der Waals surface area (Å²) in [6.45, 7) is 1.43. The molecule has 0 spiro atoms. The zero-order valence-electron chi connectivity index (χ0n) is 11.3.